The maximum Gasteiger partial charge on any atom is 0.0716 e. The summed E-state index contributed by atoms with van der Waals surface area (Å²) in [6.45, 7) is 6.70. The van der Waals surface area contributed by atoms with E-state index >= 15 is 0 Å². The minimum Gasteiger partial charge on any atom is -0.392 e. The SMILES string of the molecule is CC(C)(C)c1cc(-c2ccccc2)nc2cc(CO)ccc12. The van der Waals surface area contributed by atoms with Crippen LogP contribution in [0.2, 0.25) is 0 Å². The van der Waals surface area contributed by atoms with Gasteiger partial charge in [-0.1, -0.05) is 63.2 Å². The molecule has 0 spiro atoms. The monoisotopic (exact) mass is 291 g/mol. The molecule has 2 nitrogen and oxygen atoms in total. The van der Waals surface area contributed by atoms with Gasteiger partial charge in [0.25, 0.3) is 0 Å². The van der Waals surface area contributed by atoms with Crippen molar-refractivity contribution in [3.8, 4) is 11.3 Å². The first-order valence-electron chi connectivity index (χ1n) is 7.59. The van der Waals surface area contributed by atoms with Gasteiger partial charge in [0.1, 0.15) is 0 Å². The molecule has 112 valence electrons. The largest absolute Gasteiger partial charge is 0.392 e. The van der Waals surface area contributed by atoms with Crippen molar-refractivity contribution in [3.63, 3.8) is 0 Å². The second kappa shape index (κ2) is 5.54. The fourth-order valence-corrected chi connectivity index (χ4v) is 2.75. The summed E-state index contributed by atoms with van der Waals surface area (Å²) in [5, 5.41) is 10.5. The van der Waals surface area contributed by atoms with Crippen LogP contribution in [0.25, 0.3) is 22.2 Å². The first-order valence-corrected chi connectivity index (χ1v) is 7.59. The average molecular weight is 291 g/mol. The van der Waals surface area contributed by atoms with E-state index in [-0.39, 0.29) is 12.0 Å². The third-order valence-corrected chi connectivity index (χ3v) is 3.93. The van der Waals surface area contributed by atoms with Crippen LogP contribution in [0.15, 0.2) is 54.6 Å². The number of hydrogen-bond acceptors (Lipinski definition) is 2. The molecular weight excluding hydrogens is 270 g/mol. The molecule has 1 heterocycles. The van der Waals surface area contributed by atoms with Gasteiger partial charge in [-0.05, 0) is 28.7 Å². The Hall–Kier alpha value is -2.19. The van der Waals surface area contributed by atoms with Gasteiger partial charge >= 0.3 is 0 Å². The van der Waals surface area contributed by atoms with Gasteiger partial charge in [-0.15, -0.1) is 0 Å². The van der Waals surface area contributed by atoms with E-state index in [0.717, 1.165) is 27.7 Å². The van der Waals surface area contributed by atoms with Crippen LogP contribution in [0.3, 0.4) is 0 Å². The maximum atomic E-state index is 9.38. The third-order valence-electron chi connectivity index (χ3n) is 3.93. The number of pyridine rings is 1. The van der Waals surface area contributed by atoms with E-state index in [0.29, 0.717) is 0 Å². The Morgan fingerprint density at radius 1 is 0.955 bits per heavy atom. The average Bonchev–Trinajstić information content (AvgIpc) is 2.53. The summed E-state index contributed by atoms with van der Waals surface area (Å²) in [7, 11) is 0. The standard InChI is InChI=1S/C20H21NO/c1-20(2,3)17-12-18(15-7-5-4-6-8-15)21-19-11-14(13-22)9-10-16(17)19/h4-12,22H,13H2,1-3H3. The second-order valence-corrected chi connectivity index (χ2v) is 6.68. The van der Waals surface area contributed by atoms with E-state index in [1.165, 1.54) is 5.56 Å². The molecule has 0 radical (unpaired) electrons. The number of aliphatic hydroxyl groups is 1. The highest BCUT2D eigenvalue weighted by atomic mass is 16.3. The summed E-state index contributed by atoms with van der Waals surface area (Å²) in [5.41, 5.74) is 5.24. The van der Waals surface area contributed by atoms with E-state index in [4.69, 9.17) is 4.98 Å². The number of aromatic nitrogens is 1. The van der Waals surface area contributed by atoms with Crippen LogP contribution < -0.4 is 0 Å². The molecule has 1 aromatic heterocycles. The Bertz CT molecular complexity index is 801. The van der Waals surface area contributed by atoms with Gasteiger partial charge in [0.2, 0.25) is 0 Å². The molecule has 0 atom stereocenters. The van der Waals surface area contributed by atoms with Crippen molar-refractivity contribution in [2.75, 3.05) is 0 Å². The van der Waals surface area contributed by atoms with Gasteiger partial charge in [-0.3, -0.25) is 0 Å². The first kappa shape index (κ1) is 14.7. The maximum absolute atomic E-state index is 9.38. The molecule has 22 heavy (non-hydrogen) atoms. The van der Waals surface area contributed by atoms with Crippen molar-refractivity contribution in [3.05, 3.63) is 65.7 Å². The molecule has 0 aliphatic heterocycles. The Balaban J connectivity index is 2.31. The molecule has 0 aliphatic rings. The molecule has 0 bridgehead atoms. The van der Waals surface area contributed by atoms with Crippen LogP contribution in [-0.4, -0.2) is 10.1 Å². The van der Waals surface area contributed by atoms with Crippen LogP contribution in [0.4, 0.5) is 0 Å². The summed E-state index contributed by atoms with van der Waals surface area (Å²) >= 11 is 0. The molecule has 3 rings (SSSR count). The molecule has 2 heteroatoms. The van der Waals surface area contributed by atoms with Crippen LogP contribution in [0.5, 0.6) is 0 Å². The number of rotatable bonds is 2. The highest BCUT2D eigenvalue weighted by Crippen LogP contribution is 2.33. The van der Waals surface area contributed by atoms with E-state index in [2.05, 4.69) is 45.0 Å². The van der Waals surface area contributed by atoms with Gasteiger partial charge in [-0.25, -0.2) is 4.98 Å². The quantitative estimate of drug-likeness (QED) is 0.743. The van der Waals surface area contributed by atoms with Gasteiger partial charge in [0.15, 0.2) is 0 Å². The number of nitrogens with zero attached hydrogens (tertiary/aromatic N) is 1. The Kier molecular flexibility index (Phi) is 3.71. The van der Waals surface area contributed by atoms with Crippen molar-refractivity contribution >= 4 is 10.9 Å². The smallest absolute Gasteiger partial charge is 0.0716 e. The molecule has 3 aromatic rings. The van der Waals surface area contributed by atoms with Crippen LogP contribution in [0, 0.1) is 0 Å². The van der Waals surface area contributed by atoms with Crippen LogP contribution in [0.1, 0.15) is 31.9 Å². The topological polar surface area (TPSA) is 33.1 Å². The van der Waals surface area contributed by atoms with Crippen molar-refractivity contribution in [2.45, 2.75) is 32.8 Å². The number of aliphatic hydroxyl groups excluding tert-OH is 1. The lowest BCUT2D eigenvalue weighted by molar-refractivity contribution is 0.282. The molecular formula is C20H21NO. The molecule has 0 unspecified atom stereocenters. The predicted molar refractivity (Wildman–Crippen MR) is 91.8 cm³/mol. The molecule has 0 saturated heterocycles. The summed E-state index contributed by atoms with van der Waals surface area (Å²) in [4.78, 5) is 4.82. The minimum absolute atomic E-state index is 0.0332. The molecule has 0 amide bonds. The Morgan fingerprint density at radius 3 is 2.32 bits per heavy atom. The number of fused-ring (bicyclic) bond motifs is 1. The predicted octanol–water partition coefficient (Wildman–Crippen LogP) is 4.69. The van der Waals surface area contributed by atoms with Crippen molar-refractivity contribution in [2.24, 2.45) is 0 Å². The van der Waals surface area contributed by atoms with Crippen LogP contribution >= 0.6 is 0 Å². The zero-order valence-electron chi connectivity index (χ0n) is 13.3. The van der Waals surface area contributed by atoms with E-state index in [1.54, 1.807) is 0 Å². The summed E-state index contributed by atoms with van der Waals surface area (Å²) in [6, 6.07) is 18.5. The lowest BCUT2D eigenvalue weighted by atomic mass is 9.83. The van der Waals surface area contributed by atoms with Crippen LogP contribution in [-0.2, 0) is 12.0 Å². The van der Waals surface area contributed by atoms with E-state index in [1.807, 2.05) is 30.3 Å². The van der Waals surface area contributed by atoms with E-state index in [9.17, 15) is 5.11 Å². The third kappa shape index (κ3) is 2.75. The summed E-state index contributed by atoms with van der Waals surface area (Å²) in [6.07, 6.45) is 0. The molecule has 1 N–H and O–H groups in total. The van der Waals surface area contributed by atoms with Gasteiger partial charge in [0, 0.05) is 10.9 Å². The van der Waals surface area contributed by atoms with E-state index < -0.39 is 0 Å². The lowest BCUT2D eigenvalue weighted by Crippen LogP contribution is -2.12. The number of hydrogen-bond donors (Lipinski definition) is 1. The fourth-order valence-electron chi connectivity index (χ4n) is 2.75. The lowest BCUT2D eigenvalue weighted by Gasteiger charge is -2.22. The second-order valence-electron chi connectivity index (χ2n) is 6.68. The molecule has 0 fully saturated rings. The van der Waals surface area contributed by atoms with Gasteiger partial charge in [0.05, 0.1) is 17.8 Å². The molecule has 2 aromatic carbocycles. The summed E-state index contributed by atoms with van der Waals surface area (Å²) < 4.78 is 0. The highest BCUT2D eigenvalue weighted by Gasteiger charge is 2.19. The fraction of sp³-hybridized carbons (Fsp3) is 0.250. The highest BCUT2D eigenvalue weighted by molar-refractivity contribution is 5.86. The summed E-state index contributed by atoms with van der Waals surface area (Å²) in [5.74, 6) is 0. The normalized spacial score (nSPS) is 11.8. The zero-order valence-corrected chi connectivity index (χ0v) is 13.3. The van der Waals surface area contributed by atoms with Gasteiger partial charge in [-0.2, -0.15) is 0 Å². The number of benzene rings is 2. The Labute approximate surface area is 131 Å². The zero-order chi connectivity index (χ0) is 15.7. The minimum atomic E-state index is 0.0332. The first-order chi connectivity index (χ1) is 10.5. The van der Waals surface area contributed by atoms with Crippen molar-refractivity contribution in [1.82, 2.24) is 4.98 Å². The van der Waals surface area contributed by atoms with Gasteiger partial charge < -0.3 is 5.11 Å². The molecule has 0 saturated carbocycles. The van der Waals surface area contributed by atoms with Crippen molar-refractivity contribution < 1.29 is 5.11 Å². The molecule has 0 aliphatic carbocycles. The Morgan fingerprint density at radius 2 is 1.68 bits per heavy atom. The van der Waals surface area contributed by atoms with Crippen molar-refractivity contribution in [1.29, 1.82) is 0 Å².